The number of carbonyl (C=O) groups excluding carboxylic acids is 2. The lowest BCUT2D eigenvalue weighted by molar-refractivity contribution is 0.0986. The van der Waals surface area contributed by atoms with Crippen LogP contribution in [0.3, 0.4) is 0 Å². The lowest BCUT2D eigenvalue weighted by Gasteiger charge is -2.07. The van der Waals surface area contributed by atoms with Crippen molar-refractivity contribution in [1.29, 1.82) is 0 Å². The Hall–Kier alpha value is -2.82. The molecule has 0 unspecified atom stereocenters. The summed E-state index contributed by atoms with van der Waals surface area (Å²) in [5.74, 6) is -0.886. The number of phenolic OH excluding ortho intramolecular Hbond substituents is 2. The molecule has 21 heavy (non-hydrogen) atoms. The van der Waals surface area contributed by atoms with Gasteiger partial charge in [-0.3, -0.25) is 9.59 Å². The van der Waals surface area contributed by atoms with Crippen LogP contribution in [0.15, 0.2) is 42.5 Å². The molecular weight excluding hydrogens is 270 g/mol. The van der Waals surface area contributed by atoms with Gasteiger partial charge in [0.05, 0.1) is 5.56 Å². The first-order valence-corrected chi connectivity index (χ1v) is 6.48. The highest BCUT2D eigenvalue weighted by Gasteiger charge is 2.12. The summed E-state index contributed by atoms with van der Waals surface area (Å²) in [6.45, 7) is 1.78. The van der Waals surface area contributed by atoms with Crippen molar-refractivity contribution >= 4 is 17.4 Å². The average molecular weight is 285 g/mol. The summed E-state index contributed by atoms with van der Waals surface area (Å²) < 4.78 is 0. The highest BCUT2D eigenvalue weighted by Crippen LogP contribution is 2.23. The normalized spacial score (nSPS) is 10.1. The number of carbonyl (C=O) groups is 2. The zero-order valence-corrected chi connectivity index (χ0v) is 11.5. The van der Waals surface area contributed by atoms with Gasteiger partial charge in [-0.2, -0.15) is 0 Å². The number of anilines is 1. The summed E-state index contributed by atoms with van der Waals surface area (Å²) in [5.41, 5.74) is 1.16. The second kappa shape index (κ2) is 6.09. The summed E-state index contributed by atoms with van der Waals surface area (Å²) >= 11 is 0. The molecule has 2 aromatic rings. The molecule has 5 nitrogen and oxygen atoms in total. The van der Waals surface area contributed by atoms with Gasteiger partial charge in [0.2, 0.25) is 0 Å². The second-order valence-corrected chi connectivity index (χ2v) is 4.51. The van der Waals surface area contributed by atoms with Crippen LogP contribution in [0.5, 0.6) is 11.5 Å². The van der Waals surface area contributed by atoms with Crippen LogP contribution < -0.4 is 5.32 Å². The van der Waals surface area contributed by atoms with Gasteiger partial charge in [-0.1, -0.05) is 6.92 Å². The zero-order chi connectivity index (χ0) is 15.4. The van der Waals surface area contributed by atoms with Gasteiger partial charge in [0, 0.05) is 23.7 Å². The summed E-state index contributed by atoms with van der Waals surface area (Å²) in [6, 6.07) is 10.3. The van der Waals surface area contributed by atoms with Crippen molar-refractivity contribution in [1.82, 2.24) is 0 Å². The summed E-state index contributed by atoms with van der Waals surface area (Å²) in [4.78, 5) is 23.5. The minimum atomic E-state index is -0.498. The molecule has 0 bridgehead atoms. The Bertz CT molecular complexity index is 677. The predicted octanol–water partition coefficient (Wildman–Crippen LogP) is 2.94. The molecule has 2 aromatic carbocycles. The number of nitrogens with one attached hydrogen (secondary N) is 1. The fourth-order valence-corrected chi connectivity index (χ4v) is 1.85. The Labute approximate surface area is 121 Å². The van der Waals surface area contributed by atoms with Gasteiger partial charge >= 0.3 is 0 Å². The number of benzene rings is 2. The smallest absolute Gasteiger partial charge is 0.259 e. The van der Waals surface area contributed by atoms with E-state index in [9.17, 15) is 19.8 Å². The fourth-order valence-electron chi connectivity index (χ4n) is 1.85. The molecule has 0 spiro atoms. The maximum absolute atomic E-state index is 12.0. The van der Waals surface area contributed by atoms with Crippen molar-refractivity contribution in [2.45, 2.75) is 13.3 Å². The van der Waals surface area contributed by atoms with E-state index >= 15 is 0 Å². The lowest BCUT2D eigenvalue weighted by Crippen LogP contribution is -2.12. The van der Waals surface area contributed by atoms with E-state index in [1.807, 2.05) is 0 Å². The van der Waals surface area contributed by atoms with E-state index in [1.54, 1.807) is 31.2 Å². The Morgan fingerprint density at radius 3 is 2.29 bits per heavy atom. The molecule has 5 heteroatoms. The highest BCUT2D eigenvalue weighted by atomic mass is 16.3. The quantitative estimate of drug-likeness (QED) is 0.754. The van der Waals surface area contributed by atoms with E-state index in [-0.39, 0.29) is 22.8 Å². The number of phenols is 2. The van der Waals surface area contributed by atoms with E-state index in [0.29, 0.717) is 17.7 Å². The van der Waals surface area contributed by atoms with Crippen molar-refractivity contribution in [2.24, 2.45) is 0 Å². The van der Waals surface area contributed by atoms with Crippen LogP contribution in [0, 0.1) is 0 Å². The van der Waals surface area contributed by atoms with Crippen LogP contribution in [0.25, 0.3) is 0 Å². The molecule has 2 rings (SSSR count). The molecule has 3 N–H and O–H groups in total. The maximum Gasteiger partial charge on any atom is 0.259 e. The molecule has 0 radical (unpaired) electrons. The molecule has 0 fully saturated rings. The lowest BCUT2D eigenvalue weighted by atomic mass is 10.1. The second-order valence-electron chi connectivity index (χ2n) is 4.51. The SMILES string of the molecule is CCC(=O)c1ccc(NC(=O)c2ccc(O)cc2O)cc1. The van der Waals surface area contributed by atoms with Gasteiger partial charge in [-0.15, -0.1) is 0 Å². The van der Waals surface area contributed by atoms with Gasteiger partial charge in [0.1, 0.15) is 11.5 Å². The molecule has 0 saturated carbocycles. The minimum absolute atomic E-state index is 0.0315. The zero-order valence-electron chi connectivity index (χ0n) is 11.5. The van der Waals surface area contributed by atoms with Gasteiger partial charge in [0.15, 0.2) is 5.78 Å². The van der Waals surface area contributed by atoms with Crippen molar-refractivity contribution in [3.05, 3.63) is 53.6 Å². The van der Waals surface area contributed by atoms with Gasteiger partial charge in [-0.25, -0.2) is 0 Å². The number of rotatable bonds is 4. The van der Waals surface area contributed by atoms with Crippen molar-refractivity contribution in [3.63, 3.8) is 0 Å². The number of aromatic hydroxyl groups is 2. The molecule has 0 aliphatic rings. The van der Waals surface area contributed by atoms with E-state index in [4.69, 9.17) is 0 Å². The van der Waals surface area contributed by atoms with Crippen molar-refractivity contribution in [2.75, 3.05) is 5.32 Å². The predicted molar refractivity (Wildman–Crippen MR) is 78.8 cm³/mol. The number of amides is 1. The van der Waals surface area contributed by atoms with Gasteiger partial charge in [-0.05, 0) is 36.4 Å². The topological polar surface area (TPSA) is 86.6 Å². The van der Waals surface area contributed by atoms with Crippen LogP contribution in [0.1, 0.15) is 34.1 Å². The highest BCUT2D eigenvalue weighted by molar-refractivity contribution is 6.06. The first-order chi connectivity index (χ1) is 10.0. The van der Waals surface area contributed by atoms with Gasteiger partial charge < -0.3 is 15.5 Å². The van der Waals surface area contributed by atoms with Crippen LogP contribution in [-0.4, -0.2) is 21.9 Å². The third-order valence-electron chi connectivity index (χ3n) is 3.01. The summed E-state index contributed by atoms with van der Waals surface area (Å²) in [6.07, 6.45) is 0.424. The minimum Gasteiger partial charge on any atom is -0.508 e. The molecule has 0 heterocycles. The molecule has 0 saturated heterocycles. The van der Waals surface area contributed by atoms with Gasteiger partial charge in [0.25, 0.3) is 5.91 Å². The maximum atomic E-state index is 12.0. The summed E-state index contributed by atoms with van der Waals surface area (Å²) in [7, 11) is 0. The monoisotopic (exact) mass is 285 g/mol. The van der Waals surface area contributed by atoms with Crippen LogP contribution in [0.2, 0.25) is 0 Å². The molecular formula is C16H15NO4. The number of Topliss-reactive ketones (excluding diaryl/α,β-unsaturated/α-hetero) is 1. The fraction of sp³-hybridized carbons (Fsp3) is 0.125. The first-order valence-electron chi connectivity index (χ1n) is 6.48. The van der Waals surface area contributed by atoms with Crippen LogP contribution in [0.4, 0.5) is 5.69 Å². The standard InChI is InChI=1S/C16H15NO4/c1-2-14(19)10-3-5-11(6-4-10)17-16(21)13-8-7-12(18)9-15(13)20/h3-9,18,20H,2H2,1H3,(H,17,21). The molecule has 1 amide bonds. The van der Waals surface area contributed by atoms with E-state index in [1.165, 1.54) is 12.1 Å². The summed E-state index contributed by atoms with van der Waals surface area (Å²) in [5, 5.41) is 21.4. The molecule has 0 atom stereocenters. The largest absolute Gasteiger partial charge is 0.508 e. The van der Waals surface area contributed by atoms with Crippen molar-refractivity contribution < 1.29 is 19.8 Å². The van der Waals surface area contributed by atoms with Crippen LogP contribution >= 0.6 is 0 Å². The third-order valence-corrected chi connectivity index (χ3v) is 3.01. The van der Waals surface area contributed by atoms with E-state index < -0.39 is 5.91 Å². The number of hydrogen-bond donors (Lipinski definition) is 3. The Morgan fingerprint density at radius 2 is 1.71 bits per heavy atom. The molecule has 108 valence electrons. The Morgan fingerprint density at radius 1 is 1.05 bits per heavy atom. The molecule has 0 aromatic heterocycles. The third kappa shape index (κ3) is 3.39. The van der Waals surface area contributed by atoms with E-state index in [0.717, 1.165) is 6.07 Å². The average Bonchev–Trinajstić information content (AvgIpc) is 2.47. The van der Waals surface area contributed by atoms with E-state index in [2.05, 4.69) is 5.32 Å². The Kier molecular flexibility index (Phi) is 4.23. The van der Waals surface area contributed by atoms with Crippen molar-refractivity contribution in [3.8, 4) is 11.5 Å². The molecule has 0 aliphatic heterocycles. The Balaban J connectivity index is 2.14. The number of ketones is 1. The number of hydrogen-bond acceptors (Lipinski definition) is 4. The van der Waals surface area contributed by atoms with Crippen LogP contribution in [-0.2, 0) is 0 Å². The molecule has 0 aliphatic carbocycles. The first kappa shape index (κ1) is 14.6.